The number of esters is 1. The number of methoxy groups -OCH3 is 1. The van der Waals surface area contributed by atoms with Gasteiger partial charge in [-0.2, -0.15) is 0 Å². The molecular formula is C24H27NO4. The summed E-state index contributed by atoms with van der Waals surface area (Å²) in [5, 5.41) is 0. The number of anilines is 1. The molecule has 0 radical (unpaired) electrons. The fraction of sp³-hybridized carbons (Fsp3) is 0.333. The van der Waals surface area contributed by atoms with Crippen molar-refractivity contribution in [2.45, 2.75) is 39.3 Å². The number of Topliss-reactive ketones (excluding diaryl/α,β-unsaturated/α-hetero) is 1. The van der Waals surface area contributed by atoms with Crippen LogP contribution < -0.4 is 9.64 Å². The predicted octanol–water partition coefficient (Wildman–Crippen LogP) is 4.52. The molecule has 5 nitrogen and oxygen atoms in total. The second-order valence-corrected chi connectivity index (χ2v) is 7.29. The molecule has 0 saturated heterocycles. The van der Waals surface area contributed by atoms with Gasteiger partial charge in [-0.1, -0.05) is 50.6 Å². The highest BCUT2D eigenvalue weighted by Gasteiger charge is 2.34. The average molecular weight is 393 g/mol. The molecule has 0 amide bonds. The fourth-order valence-corrected chi connectivity index (χ4v) is 3.44. The van der Waals surface area contributed by atoms with E-state index in [1.165, 1.54) is 0 Å². The molecule has 2 aromatic rings. The number of rotatable bonds is 7. The summed E-state index contributed by atoms with van der Waals surface area (Å²) in [6, 6.07) is 17.1. The number of hydrogen-bond donors (Lipinski definition) is 0. The van der Waals surface area contributed by atoms with E-state index in [2.05, 4.69) is 13.8 Å². The molecule has 0 N–H and O–H groups in total. The summed E-state index contributed by atoms with van der Waals surface area (Å²) < 4.78 is 10.6. The van der Waals surface area contributed by atoms with Crippen molar-refractivity contribution < 1.29 is 19.1 Å². The third kappa shape index (κ3) is 4.86. The van der Waals surface area contributed by atoms with Gasteiger partial charge in [0.15, 0.2) is 5.78 Å². The Kier molecular flexibility index (Phi) is 6.70. The summed E-state index contributed by atoms with van der Waals surface area (Å²) in [7, 11) is 1.62. The molecule has 0 aromatic heterocycles. The first-order valence-corrected chi connectivity index (χ1v) is 9.92. The number of carbonyl (C=O) groups is 2. The number of carbonyl (C=O) groups excluding carboxylic acids is 2. The Bertz CT molecular complexity index is 874. The minimum atomic E-state index is -0.583. The maximum absolute atomic E-state index is 12.7. The molecule has 152 valence electrons. The van der Waals surface area contributed by atoms with Gasteiger partial charge in [0.1, 0.15) is 17.9 Å². The van der Waals surface area contributed by atoms with E-state index in [9.17, 15) is 9.59 Å². The van der Waals surface area contributed by atoms with Gasteiger partial charge in [-0.3, -0.25) is 4.79 Å². The molecule has 5 heteroatoms. The standard InChI is InChI=1S/C24H27NO4/c1-4-17(2)22-14-23(26)21(24(27)29-16-18-8-6-5-7-9-18)15-25(22)19-10-12-20(28-3)13-11-19/h5-13,15,17,22H,4,14,16H2,1-3H3. The number of nitrogens with zero attached hydrogens (tertiary/aromatic N) is 1. The summed E-state index contributed by atoms with van der Waals surface area (Å²) >= 11 is 0. The molecule has 29 heavy (non-hydrogen) atoms. The van der Waals surface area contributed by atoms with Crippen LogP contribution in [-0.4, -0.2) is 24.9 Å². The lowest BCUT2D eigenvalue weighted by molar-refractivity contribution is -0.142. The zero-order valence-electron chi connectivity index (χ0n) is 17.1. The summed E-state index contributed by atoms with van der Waals surface area (Å²) in [6.45, 7) is 4.37. The lowest BCUT2D eigenvalue weighted by Gasteiger charge is -2.37. The minimum Gasteiger partial charge on any atom is -0.497 e. The van der Waals surface area contributed by atoms with Gasteiger partial charge in [0.05, 0.1) is 7.11 Å². The highest BCUT2D eigenvalue weighted by atomic mass is 16.5. The molecule has 0 bridgehead atoms. The van der Waals surface area contributed by atoms with Crippen molar-refractivity contribution in [1.82, 2.24) is 0 Å². The van der Waals surface area contributed by atoms with Gasteiger partial charge in [-0.25, -0.2) is 4.79 Å². The number of ether oxygens (including phenoxy) is 2. The second kappa shape index (κ2) is 9.41. The predicted molar refractivity (Wildman–Crippen MR) is 113 cm³/mol. The number of hydrogen-bond acceptors (Lipinski definition) is 5. The van der Waals surface area contributed by atoms with Gasteiger partial charge in [0.25, 0.3) is 0 Å². The molecule has 2 unspecified atom stereocenters. The Morgan fingerprint density at radius 1 is 1.14 bits per heavy atom. The van der Waals surface area contributed by atoms with Crippen LogP contribution in [0.4, 0.5) is 5.69 Å². The third-order valence-corrected chi connectivity index (χ3v) is 5.42. The van der Waals surface area contributed by atoms with Crippen molar-refractivity contribution >= 4 is 17.4 Å². The van der Waals surface area contributed by atoms with E-state index in [-0.39, 0.29) is 30.4 Å². The molecule has 0 spiro atoms. The summed E-state index contributed by atoms with van der Waals surface area (Å²) in [5.74, 6) is 0.297. The van der Waals surface area contributed by atoms with Gasteiger partial charge < -0.3 is 14.4 Å². The summed E-state index contributed by atoms with van der Waals surface area (Å²) in [4.78, 5) is 27.4. The molecule has 1 heterocycles. The van der Waals surface area contributed by atoms with Crippen molar-refractivity contribution in [1.29, 1.82) is 0 Å². The van der Waals surface area contributed by atoms with Crippen molar-refractivity contribution in [2.75, 3.05) is 12.0 Å². The molecule has 1 aliphatic rings. The Morgan fingerprint density at radius 3 is 2.45 bits per heavy atom. The van der Waals surface area contributed by atoms with Crippen LogP contribution in [0.15, 0.2) is 66.4 Å². The van der Waals surface area contributed by atoms with Crippen molar-refractivity contribution in [2.24, 2.45) is 5.92 Å². The maximum atomic E-state index is 12.7. The number of benzene rings is 2. The third-order valence-electron chi connectivity index (χ3n) is 5.42. The Morgan fingerprint density at radius 2 is 1.83 bits per heavy atom. The lowest BCUT2D eigenvalue weighted by atomic mass is 9.88. The van der Waals surface area contributed by atoms with Crippen LogP contribution in [0.25, 0.3) is 0 Å². The molecule has 0 saturated carbocycles. The zero-order valence-corrected chi connectivity index (χ0v) is 17.1. The van der Waals surface area contributed by atoms with Crippen LogP contribution in [0.1, 0.15) is 32.3 Å². The Balaban J connectivity index is 1.85. The van der Waals surface area contributed by atoms with E-state index in [1.54, 1.807) is 13.3 Å². The van der Waals surface area contributed by atoms with E-state index < -0.39 is 5.97 Å². The van der Waals surface area contributed by atoms with Crippen LogP contribution in [0.2, 0.25) is 0 Å². The van der Waals surface area contributed by atoms with Crippen molar-refractivity contribution in [3.8, 4) is 5.75 Å². The molecular weight excluding hydrogens is 366 g/mol. The van der Waals surface area contributed by atoms with Gasteiger partial charge in [-0.15, -0.1) is 0 Å². The van der Waals surface area contributed by atoms with E-state index in [1.807, 2.05) is 59.5 Å². The SMILES string of the molecule is CCC(C)C1CC(=O)C(C(=O)OCc2ccccc2)=CN1c1ccc(OC)cc1. The molecule has 0 fully saturated rings. The molecule has 2 aromatic carbocycles. The normalized spacial score (nSPS) is 17.5. The molecule has 3 rings (SSSR count). The first-order chi connectivity index (χ1) is 14.0. The van der Waals surface area contributed by atoms with Crippen molar-refractivity contribution in [3.63, 3.8) is 0 Å². The highest BCUT2D eigenvalue weighted by molar-refractivity contribution is 6.18. The van der Waals surface area contributed by atoms with E-state index in [4.69, 9.17) is 9.47 Å². The molecule has 0 aliphatic carbocycles. The van der Waals surface area contributed by atoms with Crippen LogP contribution in [0, 0.1) is 5.92 Å². The van der Waals surface area contributed by atoms with Gasteiger partial charge >= 0.3 is 5.97 Å². The average Bonchev–Trinajstić information content (AvgIpc) is 2.77. The lowest BCUT2D eigenvalue weighted by Crippen LogP contribution is -2.43. The van der Waals surface area contributed by atoms with E-state index in [0.29, 0.717) is 5.92 Å². The van der Waals surface area contributed by atoms with Crippen LogP contribution in [0.3, 0.4) is 0 Å². The first kappa shape index (κ1) is 20.6. The summed E-state index contributed by atoms with van der Waals surface area (Å²) in [5.41, 5.74) is 1.89. The van der Waals surface area contributed by atoms with E-state index in [0.717, 1.165) is 23.4 Å². The van der Waals surface area contributed by atoms with Crippen LogP contribution in [0.5, 0.6) is 5.75 Å². The number of ketones is 1. The Hall–Kier alpha value is -3.08. The first-order valence-electron chi connectivity index (χ1n) is 9.92. The topological polar surface area (TPSA) is 55.8 Å². The summed E-state index contributed by atoms with van der Waals surface area (Å²) in [6.07, 6.45) is 2.87. The van der Waals surface area contributed by atoms with Crippen LogP contribution >= 0.6 is 0 Å². The smallest absolute Gasteiger partial charge is 0.343 e. The van der Waals surface area contributed by atoms with Gasteiger partial charge in [-0.05, 0) is 35.7 Å². The van der Waals surface area contributed by atoms with Crippen molar-refractivity contribution in [3.05, 3.63) is 71.9 Å². The largest absolute Gasteiger partial charge is 0.497 e. The molecule has 1 aliphatic heterocycles. The zero-order chi connectivity index (χ0) is 20.8. The quantitative estimate of drug-likeness (QED) is 0.511. The monoisotopic (exact) mass is 393 g/mol. The van der Waals surface area contributed by atoms with Crippen LogP contribution in [-0.2, 0) is 20.9 Å². The fourth-order valence-electron chi connectivity index (χ4n) is 3.44. The minimum absolute atomic E-state index is 0.00781. The Labute approximate surface area is 171 Å². The maximum Gasteiger partial charge on any atom is 0.343 e. The van der Waals surface area contributed by atoms with Gasteiger partial charge in [0.2, 0.25) is 0 Å². The van der Waals surface area contributed by atoms with Gasteiger partial charge in [0, 0.05) is 24.4 Å². The molecule has 2 atom stereocenters. The highest BCUT2D eigenvalue weighted by Crippen LogP contribution is 2.32. The second-order valence-electron chi connectivity index (χ2n) is 7.29. The van der Waals surface area contributed by atoms with E-state index >= 15 is 0 Å².